The molecule has 0 saturated heterocycles. The van der Waals surface area contributed by atoms with Gasteiger partial charge < -0.3 is 24.3 Å². The Bertz CT molecular complexity index is 1230. The zero-order chi connectivity index (χ0) is 22.3. The maximum absolute atomic E-state index is 13.4. The maximum atomic E-state index is 13.4. The molecule has 2 N–H and O–H groups in total. The van der Waals surface area contributed by atoms with E-state index in [1.165, 1.54) is 36.3 Å². The number of aromatic hydroxyl groups is 1. The summed E-state index contributed by atoms with van der Waals surface area (Å²) in [5.41, 5.74) is 0.740. The fourth-order valence-electron chi connectivity index (χ4n) is 3.60. The Balaban J connectivity index is 1.82. The van der Waals surface area contributed by atoms with Gasteiger partial charge in [-0.3, -0.25) is 9.59 Å². The molecule has 7 nitrogen and oxygen atoms in total. The Labute approximate surface area is 187 Å². The average Bonchev–Trinajstić information content (AvgIpc) is 3.27. The Hall–Kier alpha value is -3.00. The summed E-state index contributed by atoms with van der Waals surface area (Å²) >= 11 is 12.1. The van der Waals surface area contributed by atoms with Crippen LogP contribution in [0.25, 0.3) is 11.0 Å². The van der Waals surface area contributed by atoms with E-state index in [0.717, 1.165) is 0 Å². The summed E-state index contributed by atoms with van der Waals surface area (Å²) in [6.45, 7) is 0.307. The summed E-state index contributed by atoms with van der Waals surface area (Å²) in [6, 6.07) is 9.81. The number of fused-ring (bicyclic) bond motifs is 1. The largest absolute Gasteiger partial charge is 0.506 e. The van der Waals surface area contributed by atoms with Crippen LogP contribution in [-0.4, -0.2) is 47.1 Å². The highest BCUT2D eigenvalue weighted by molar-refractivity contribution is 6.32. The van der Waals surface area contributed by atoms with E-state index in [-0.39, 0.29) is 35.3 Å². The topological polar surface area (TPSA) is 100 Å². The van der Waals surface area contributed by atoms with Crippen molar-refractivity contribution in [3.8, 4) is 5.75 Å². The first-order valence-electron chi connectivity index (χ1n) is 9.27. The molecule has 4 rings (SSSR count). The number of halogens is 2. The number of ketones is 1. The molecule has 2 aromatic carbocycles. The zero-order valence-corrected chi connectivity index (χ0v) is 17.8. The summed E-state index contributed by atoms with van der Waals surface area (Å²) in [4.78, 5) is 27.5. The lowest BCUT2D eigenvalue weighted by Gasteiger charge is -2.26. The van der Waals surface area contributed by atoms with E-state index in [1.807, 2.05) is 0 Å². The van der Waals surface area contributed by atoms with Crippen LogP contribution in [0, 0.1) is 0 Å². The quantitative estimate of drug-likeness (QED) is 0.517. The van der Waals surface area contributed by atoms with E-state index in [9.17, 15) is 19.8 Å². The van der Waals surface area contributed by atoms with Crippen molar-refractivity contribution in [3.63, 3.8) is 0 Å². The molecule has 0 fully saturated rings. The zero-order valence-electron chi connectivity index (χ0n) is 16.3. The van der Waals surface area contributed by atoms with E-state index in [0.29, 0.717) is 21.6 Å². The summed E-state index contributed by atoms with van der Waals surface area (Å²) in [5, 5.41) is 21.5. The highest BCUT2D eigenvalue weighted by Crippen LogP contribution is 2.41. The highest BCUT2D eigenvalue weighted by atomic mass is 35.5. The predicted molar refractivity (Wildman–Crippen MR) is 115 cm³/mol. The van der Waals surface area contributed by atoms with Crippen LogP contribution in [-0.2, 0) is 9.53 Å². The third-order valence-corrected chi connectivity index (χ3v) is 5.61. The Kier molecular flexibility index (Phi) is 5.66. The van der Waals surface area contributed by atoms with Gasteiger partial charge in [-0.2, -0.15) is 0 Å². The van der Waals surface area contributed by atoms with Gasteiger partial charge in [-0.1, -0.05) is 29.3 Å². The lowest BCUT2D eigenvalue weighted by atomic mass is 9.95. The molecule has 1 atom stereocenters. The lowest BCUT2D eigenvalue weighted by Crippen LogP contribution is -2.34. The molecule has 31 heavy (non-hydrogen) atoms. The van der Waals surface area contributed by atoms with Gasteiger partial charge in [0.1, 0.15) is 11.3 Å². The molecular formula is C22H17Cl2NO6. The highest BCUT2D eigenvalue weighted by Gasteiger charge is 2.44. The molecule has 160 valence electrons. The molecule has 0 radical (unpaired) electrons. The molecule has 0 saturated carbocycles. The van der Waals surface area contributed by atoms with E-state index in [1.54, 1.807) is 18.2 Å². The van der Waals surface area contributed by atoms with Gasteiger partial charge in [-0.05, 0) is 42.0 Å². The molecule has 0 spiro atoms. The molecule has 0 bridgehead atoms. The smallest absolute Gasteiger partial charge is 0.290 e. The Morgan fingerprint density at radius 1 is 1.16 bits per heavy atom. The number of carbonyl (C=O) groups is 2. The number of phenolic OH excluding ortho intramolecular Hbond substituents is 1. The standard InChI is InChI=1S/C22H17Cl2NO6/c1-30-7-6-25-19(11-2-4-15(26)14(24)9-11)18(21(28)22(25)29)20(27)17-10-12-8-13(23)3-5-16(12)31-17/h2-5,8-10,19,26,28H,6-7H2,1H3. The molecule has 1 aliphatic heterocycles. The summed E-state index contributed by atoms with van der Waals surface area (Å²) in [7, 11) is 1.48. The number of methoxy groups -OCH3 is 1. The number of carbonyl (C=O) groups excluding carboxylic acids is 2. The van der Waals surface area contributed by atoms with Crippen LogP contribution < -0.4 is 0 Å². The van der Waals surface area contributed by atoms with Crippen molar-refractivity contribution in [2.45, 2.75) is 6.04 Å². The van der Waals surface area contributed by atoms with E-state index >= 15 is 0 Å². The molecule has 1 aromatic heterocycles. The van der Waals surface area contributed by atoms with Crippen LogP contribution in [0.3, 0.4) is 0 Å². The Morgan fingerprint density at radius 3 is 2.65 bits per heavy atom. The number of phenols is 1. The number of nitrogens with zero attached hydrogens (tertiary/aromatic N) is 1. The molecule has 1 unspecified atom stereocenters. The number of hydrogen-bond donors (Lipinski definition) is 2. The summed E-state index contributed by atoms with van der Waals surface area (Å²) in [6.07, 6.45) is 0. The first-order valence-corrected chi connectivity index (χ1v) is 10.0. The van der Waals surface area contributed by atoms with Crippen molar-refractivity contribution in [2.24, 2.45) is 0 Å². The van der Waals surface area contributed by atoms with Gasteiger partial charge in [0.25, 0.3) is 5.91 Å². The fraction of sp³-hybridized carbons (Fsp3) is 0.182. The van der Waals surface area contributed by atoms with Crippen LogP contribution in [0.2, 0.25) is 10.0 Å². The van der Waals surface area contributed by atoms with Crippen molar-refractivity contribution in [2.75, 3.05) is 20.3 Å². The third-order valence-electron chi connectivity index (χ3n) is 5.07. The fourth-order valence-corrected chi connectivity index (χ4v) is 3.97. The van der Waals surface area contributed by atoms with Crippen molar-refractivity contribution in [1.29, 1.82) is 0 Å². The third kappa shape index (κ3) is 3.76. The van der Waals surface area contributed by atoms with Crippen LogP contribution in [0.15, 0.2) is 58.2 Å². The second-order valence-electron chi connectivity index (χ2n) is 6.99. The summed E-state index contributed by atoms with van der Waals surface area (Å²) < 4.78 is 10.7. The van der Waals surface area contributed by atoms with Gasteiger partial charge in [0.15, 0.2) is 11.5 Å². The van der Waals surface area contributed by atoms with Crippen LogP contribution >= 0.6 is 23.2 Å². The molecule has 9 heteroatoms. The first kappa shape index (κ1) is 21.2. The molecule has 1 amide bonds. The van der Waals surface area contributed by atoms with Crippen molar-refractivity contribution < 1.29 is 29.0 Å². The molecule has 2 heterocycles. The van der Waals surface area contributed by atoms with Crippen LogP contribution in [0.4, 0.5) is 0 Å². The van der Waals surface area contributed by atoms with Gasteiger partial charge in [-0.15, -0.1) is 0 Å². The monoisotopic (exact) mass is 461 g/mol. The van der Waals surface area contributed by atoms with E-state index in [4.69, 9.17) is 32.4 Å². The van der Waals surface area contributed by atoms with Gasteiger partial charge >= 0.3 is 0 Å². The number of aliphatic hydroxyl groups excluding tert-OH is 1. The van der Waals surface area contributed by atoms with Gasteiger partial charge in [-0.25, -0.2) is 0 Å². The van der Waals surface area contributed by atoms with Gasteiger partial charge in [0.2, 0.25) is 5.78 Å². The van der Waals surface area contributed by atoms with E-state index in [2.05, 4.69) is 0 Å². The number of hydrogen-bond acceptors (Lipinski definition) is 6. The van der Waals surface area contributed by atoms with Gasteiger partial charge in [0.05, 0.1) is 23.2 Å². The number of aliphatic hydroxyl groups is 1. The van der Waals surface area contributed by atoms with Crippen molar-refractivity contribution >= 4 is 45.9 Å². The molecule has 1 aliphatic rings. The second kappa shape index (κ2) is 8.26. The SMILES string of the molecule is COCCN1C(=O)C(O)=C(C(=O)c2cc3cc(Cl)ccc3o2)C1c1ccc(O)c(Cl)c1. The predicted octanol–water partition coefficient (Wildman–Crippen LogP) is 4.67. The summed E-state index contributed by atoms with van der Waals surface area (Å²) in [5.74, 6) is -2.22. The number of benzene rings is 2. The lowest BCUT2D eigenvalue weighted by molar-refractivity contribution is -0.130. The minimum Gasteiger partial charge on any atom is -0.506 e. The van der Waals surface area contributed by atoms with Crippen molar-refractivity contribution in [3.05, 3.63) is 75.2 Å². The van der Waals surface area contributed by atoms with Crippen LogP contribution in [0.5, 0.6) is 5.75 Å². The second-order valence-corrected chi connectivity index (χ2v) is 7.83. The molecule has 0 aliphatic carbocycles. The van der Waals surface area contributed by atoms with Crippen molar-refractivity contribution in [1.82, 2.24) is 4.90 Å². The maximum Gasteiger partial charge on any atom is 0.290 e. The number of furan rings is 1. The number of Topliss-reactive ketones (excluding diaryl/α,β-unsaturated/α-hetero) is 1. The van der Waals surface area contributed by atoms with Gasteiger partial charge in [0, 0.05) is 24.1 Å². The van der Waals surface area contributed by atoms with Crippen LogP contribution in [0.1, 0.15) is 22.2 Å². The van der Waals surface area contributed by atoms with E-state index < -0.39 is 23.5 Å². The molecular weight excluding hydrogens is 445 g/mol. The minimum absolute atomic E-state index is 0.0462. The number of amides is 1. The first-order chi connectivity index (χ1) is 14.8. The average molecular weight is 462 g/mol. The normalized spacial score (nSPS) is 16.5. The minimum atomic E-state index is -0.940. The molecule has 3 aromatic rings. The number of rotatable bonds is 6. The Morgan fingerprint density at radius 2 is 1.94 bits per heavy atom. The number of ether oxygens (including phenoxy) is 1.